The van der Waals surface area contributed by atoms with E-state index in [2.05, 4.69) is 10.3 Å². The predicted octanol–water partition coefficient (Wildman–Crippen LogP) is 5.12. The molecule has 216 valence electrons. The van der Waals surface area contributed by atoms with Crippen LogP contribution in [-0.2, 0) is 26.9 Å². The van der Waals surface area contributed by atoms with Crippen molar-refractivity contribution in [2.45, 2.75) is 37.5 Å². The van der Waals surface area contributed by atoms with Gasteiger partial charge in [-0.15, -0.1) is 0 Å². The van der Waals surface area contributed by atoms with Crippen molar-refractivity contribution < 1.29 is 50.1 Å². The Labute approximate surface area is 221 Å². The fraction of sp³-hybridized carbons (Fsp3) is 0.520. The lowest BCUT2D eigenvalue weighted by Gasteiger charge is -2.32. The number of methoxy groups -OCH3 is 3. The summed E-state index contributed by atoms with van der Waals surface area (Å²) in [6.07, 6.45) is -3.99. The van der Waals surface area contributed by atoms with Gasteiger partial charge in [-0.3, -0.25) is 4.90 Å². The zero-order valence-corrected chi connectivity index (χ0v) is 21.5. The average Bonchev–Trinajstić information content (AvgIpc) is 2.85. The molecule has 39 heavy (non-hydrogen) atoms. The van der Waals surface area contributed by atoms with Crippen LogP contribution in [0.4, 0.5) is 32.0 Å². The van der Waals surface area contributed by atoms with Crippen LogP contribution in [0.2, 0.25) is 0 Å². The molecule has 1 aromatic carbocycles. The molecule has 0 unspecified atom stereocenters. The zero-order chi connectivity index (χ0) is 28.8. The second-order valence-corrected chi connectivity index (χ2v) is 9.04. The van der Waals surface area contributed by atoms with Crippen molar-refractivity contribution >= 4 is 11.7 Å². The normalized spacial score (nSPS) is 15.8. The first-order valence-corrected chi connectivity index (χ1v) is 11.9. The van der Waals surface area contributed by atoms with Crippen LogP contribution in [0.3, 0.4) is 0 Å². The summed E-state index contributed by atoms with van der Waals surface area (Å²) in [6, 6.07) is 1.99. The number of nitrogens with one attached hydrogen (secondary N) is 1. The molecule has 2 aromatic rings. The summed E-state index contributed by atoms with van der Waals surface area (Å²) in [5.74, 6) is -6.61. The molecule has 0 spiro atoms. The second-order valence-electron chi connectivity index (χ2n) is 9.04. The van der Waals surface area contributed by atoms with Gasteiger partial charge in [0.15, 0.2) is 11.6 Å². The van der Waals surface area contributed by atoms with Gasteiger partial charge < -0.3 is 24.3 Å². The van der Waals surface area contributed by atoms with Crippen molar-refractivity contribution in [3.63, 3.8) is 0 Å². The van der Waals surface area contributed by atoms with E-state index in [1.165, 1.54) is 19.1 Å². The third kappa shape index (κ3) is 8.19. The fourth-order valence-corrected chi connectivity index (χ4v) is 4.19. The minimum Gasteiger partial charge on any atom is -0.465 e. The predicted molar refractivity (Wildman–Crippen MR) is 128 cm³/mol. The number of esters is 1. The number of aromatic nitrogens is 1. The molecule has 14 heteroatoms. The summed E-state index contributed by atoms with van der Waals surface area (Å²) in [6.45, 7) is -0.197. The highest BCUT2D eigenvalue weighted by Gasteiger charge is 2.38. The van der Waals surface area contributed by atoms with E-state index in [4.69, 9.17) is 18.9 Å². The number of rotatable bonds is 11. The van der Waals surface area contributed by atoms with Crippen LogP contribution < -0.4 is 10.1 Å². The Morgan fingerprint density at radius 2 is 1.85 bits per heavy atom. The highest BCUT2D eigenvalue weighted by atomic mass is 19.4. The smallest absolute Gasteiger partial charge is 0.421 e. The molecule has 0 saturated carbocycles. The van der Waals surface area contributed by atoms with E-state index in [-0.39, 0.29) is 49.4 Å². The summed E-state index contributed by atoms with van der Waals surface area (Å²) < 4.78 is 104. The Kier molecular flexibility index (Phi) is 10.0. The summed E-state index contributed by atoms with van der Waals surface area (Å²) in [7, 11) is 3.95. The summed E-state index contributed by atoms with van der Waals surface area (Å²) >= 11 is 0. The zero-order valence-electron chi connectivity index (χ0n) is 21.5. The summed E-state index contributed by atoms with van der Waals surface area (Å²) in [4.78, 5) is 17.4. The van der Waals surface area contributed by atoms with E-state index >= 15 is 4.39 Å². The number of hydrogen-bond donors (Lipinski definition) is 1. The van der Waals surface area contributed by atoms with Gasteiger partial charge in [0, 0.05) is 45.5 Å². The van der Waals surface area contributed by atoms with Crippen LogP contribution in [0.15, 0.2) is 24.4 Å². The first kappa shape index (κ1) is 30.4. The van der Waals surface area contributed by atoms with E-state index in [9.17, 15) is 26.7 Å². The molecule has 2 heterocycles. The van der Waals surface area contributed by atoms with E-state index in [0.717, 1.165) is 31.5 Å². The first-order chi connectivity index (χ1) is 18.4. The number of ether oxygens (including phenoxy) is 4. The molecule has 1 aromatic heterocycles. The van der Waals surface area contributed by atoms with Gasteiger partial charge in [0.05, 0.1) is 44.2 Å². The Bertz CT molecular complexity index is 1140. The van der Waals surface area contributed by atoms with E-state index < -0.39 is 53.7 Å². The molecule has 1 saturated heterocycles. The number of halogens is 6. The van der Waals surface area contributed by atoms with E-state index in [1.807, 2.05) is 0 Å². The molecule has 0 aliphatic carbocycles. The third-order valence-corrected chi connectivity index (χ3v) is 5.87. The van der Waals surface area contributed by atoms with Gasteiger partial charge in [-0.2, -0.15) is 13.2 Å². The van der Waals surface area contributed by atoms with E-state index in [0.29, 0.717) is 6.54 Å². The topological polar surface area (TPSA) is 82.2 Å². The molecule has 1 aliphatic heterocycles. The number of piperidine rings is 1. The maximum Gasteiger partial charge on any atom is 0.421 e. The monoisotopic (exact) mass is 565 g/mol. The maximum atomic E-state index is 15.0. The van der Waals surface area contributed by atoms with Gasteiger partial charge in [-0.1, -0.05) is 0 Å². The maximum absolute atomic E-state index is 15.0. The SMILES string of the molecule is COCC(COC)Nc1cc(F)c(Oc2ncc(CN3CCCC(F)(F)C3)cc2C(F)(F)F)cc1C(=O)OC. The van der Waals surface area contributed by atoms with Gasteiger partial charge in [-0.25, -0.2) is 22.9 Å². The molecule has 0 bridgehead atoms. The van der Waals surface area contributed by atoms with Gasteiger partial charge in [-0.05, 0) is 24.6 Å². The first-order valence-electron chi connectivity index (χ1n) is 11.9. The molecule has 1 fully saturated rings. The molecule has 8 nitrogen and oxygen atoms in total. The van der Waals surface area contributed by atoms with Crippen molar-refractivity contribution in [2.75, 3.05) is 52.9 Å². The van der Waals surface area contributed by atoms with Crippen LogP contribution in [0, 0.1) is 5.82 Å². The van der Waals surface area contributed by atoms with Crippen LogP contribution in [0.1, 0.15) is 34.3 Å². The van der Waals surface area contributed by atoms with Crippen molar-refractivity contribution in [2.24, 2.45) is 0 Å². The van der Waals surface area contributed by atoms with Gasteiger partial charge >= 0.3 is 12.1 Å². The van der Waals surface area contributed by atoms with Crippen molar-refractivity contribution in [3.8, 4) is 11.6 Å². The Hall–Kier alpha value is -3.10. The number of carbonyl (C=O) groups is 1. The number of pyridine rings is 1. The summed E-state index contributed by atoms with van der Waals surface area (Å²) in [5, 5.41) is 2.88. The number of anilines is 1. The molecule has 0 atom stereocenters. The fourth-order valence-electron chi connectivity index (χ4n) is 4.19. The molecule has 1 N–H and O–H groups in total. The minimum absolute atomic E-state index is 0.0246. The Morgan fingerprint density at radius 1 is 1.15 bits per heavy atom. The van der Waals surface area contributed by atoms with E-state index in [1.54, 1.807) is 0 Å². The van der Waals surface area contributed by atoms with Crippen LogP contribution in [0.25, 0.3) is 0 Å². The van der Waals surface area contributed by atoms with Gasteiger partial charge in [0.1, 0.15) is 5.56 Å². The number of nitrogens with zero attached hydrogens (tertiary/aromatic N) is 2. The lowest BCUT2D eigenvalue weighted by Crippen LogP contribution is -2.42. The van der Waals surface area contributed by atoms with Crippen molar-refractivity contribution in [1.82, 2.24) is 9.88 Å². The molecule has 0 radical (unpaired) electrons. The standard InChI is InChI=1S/C25H29F6N3O5/c1-36-12-16(13-37-2)33-20-9-19(26)21(8-17(20)23(35)38-3)39-22-18(25(29,30)31)7-15(10-32-22)11-34-6-4-5-24(27,28)14-34/h7-10,16,33H,4-6,11-14H2,1-3H3. The summed E-state index contributed by atoms with van der Waals surface area (Å²) in [5.41, 5.74) is -1.54. The molecular formula is C25H29F6N3O5. The second kappa shape index (κ2) is 12.8. The average molecular weight is 566 g/mol. The number of carbonyl (C=O) groups excluding carboxylic acids is 1. The number of alkyl halides is 5. The van der Waals surface area contributed by atoms with Gasteiger partial charge in [0.2, 0.25) is 5.88 Å². The van der Waals surface area contributed by atoms with Crippen LogP contribution in [-0.4, -0.2) is 75.5 Å². The molecule has 3 rings (SSSR count). The third-order valence-electron chi connectivity index (χ3n) is 5.87. The molecular weight excluding hydrogens is 536 g/mol. The molecule has 0 amide bonds. The highest BCUT2D eigenvalue weighted by Crippen LogP contribution is 2.39. The quantitative estimate of drug-likeness (QED) is 0.297. The van der Waals surface area contributed by atoms with Crippen LogP contribution >= 0.6 is 0 Å². The number of benzene rings is 1. The van der Waals surface area contributed by atoms with Crippen molar-refractivity contribution in [3.05, 3.63) is 46.9 Å². The van der Waals surface area contributed by atoms with Crippen molar-refractivity contribution in [1.29, 1.82) is 0 Å². The minimum atomic E-state index is -4.96. The van der Waals surface area contributed by atoms with Crippen LogP contribution in [0.5, 0.6) is 11.6 Å². The molecule has 1 aliphatic rings. The number of likely N-dealkylation sites (tertiary alicyclic amines) is 1. The largest absolute Gasteiger partial charge is 0.465 e. The number of hydrogen-bond acceptors (Lipinski definition) is 8. The highest BCUT2D eigenvalue weighted by molar-refractivity contribution is 5.96. The lowest BCUT2D eigenvalue weighted by atomic mass is 10.1. The Balaban J connectivity index is 1.93. The Morgan fingerprint density at radius 3 is 2.44 bits per heavy atom. The van der Waals surface area contributed by atoms with Gasteiger partial charge in [0.25, 0.3) is 5.92 Å². The lowest BCUT2D eigenvalue weighted by molar-refractivity contribution is -0.139.